The van der Waals surface area contributed by atoms with Crippen LogP contribution in [0.25, 0.3) is 12.2 Å². The summed E-state index contributed by atoms with van der Waals surface area (Å²) in [5.74, 6) is -4.73. The molecule has 0 heterocycles. The van der Waals surface area contributed by atoms with Crippen LogP contribution < -0.4 is 99.5 Å². The molecule has 406 valence electrons. The maximum atomic E-state index is 11.7. The Morgan fingerprint density at radius 1 is 0.507 bits per heavy atom. The van der Waals surface area contributed by atoms with Crippen LogP contribution in [0.1, 0.15) is 243 Å². The van der Waals surface area contributed by atoms with Crippen molar-refractivity contribution in [3.05, 3.63) is 48.6 Å². The number of primary amides is 1. The Kier molecular flexibility index (Phi) is 62.5. The predicted octanol–water partition coefficient (Wildman–Crippen LogP) is 3.00. The van der Waals surface area contributed by atoms with Crippen molar-refractivity contribution in [2.75, 3.05) is 13.2 Å². The van der Waals surface area contributed by atoms with Gasteiger partial charge in [0.05, 0.1) is 19.6 Å². The maximum Gasteiger partial charge on any atom is 1.00 e. The number of rotatable bonds is 44. The third-order valence-electron chi connectivity index (χ3n) is 11.9. The molecule has 3 N–H and O–H groups in total. The minimum absolute atomic E-state index is 0. The van der Waals surface area contributed by atoms with Gasteiger partial charge >= 0.3 is 101 Å². The quantitative estimate of drug-likeness (QED) is 0.0239. The monoisotopic (exact) mass is 1090 g/mol. The molecule has 0 saturated carbocycles. The zero-order valence-corrected chi connectivity index (χ0v) is 53.9. The number of nitrogens with one attached hydrogen (secondary N) is 1. The van der Waals surface area contributed by atoms with E-state index in [1.807, 2.05) is 36.4 Å². The molecule has 0 aliphatic heterocycles. The smallest absolute Gasteiger partial charge is 0.862 e. The maximum absolute atomic E-state index is 11.7. The Balaban J connectivity index is -0.000000342. The van der Waals surface area contributed by atoms with Crippen LogP contribution in [0.2, 0.25) is 0 Å². The molecule has 2 atom stereocenters. The number of esters is 2. The second-order valence-corrected chi connectivity index (χ2v) is 21.3. The van der Waals surface area contributed by atoms with E-state index in [4.69, 9.17) is 20.6 Å². The van der Waals surface area contributed by atoms with Crippen molar-refractivity contribution in [3.63, 3.8) is 0 Å². The minimum Gasteiger partial charge on any atom is -0.862 e. The molecule has 1 aromatic rings. The van der Waals surface area contributed by atoms with Crippen LogP contribution in [0.4, 0.5) is 0 Å². The van der Waals surface area contributed by atoms with Gasteiger partial charge in [0.15, 0.2) is 10.5 Å². The van der Waals surface area contributed by atoms with E-state index in [1.165, 1.54) is 154 Å². The number of carbonyl (C=O) groups excluding carboxylic acids is 3. The van der Waals surface area contributed by atoms with Crippen LogP contribution >= 0.6 is 0 Å². The van der Waals surface area contributed by atoms with Gasteiger partial charge in [0.2, 0.25) is 5.91 Å². The van der Waals surface area contributed by atoms with E-state index in [2.05, 4.69) is 27.0 Å². The topological polar surface area (TPSA) is 257 Å². The summed E-state index contributed by atoms with van der Waals surface area (Å²) in [6.07, 6.45) is 41.0. The second-order valence-electron chi connectivity index (χ2n) is 18.2. The molecule has 0 spiro atoms. The number of hydrogen-bond acceptors (Lipinski definition) is 13. The zero-order chi connectivity index (χ0) is 52.7. The first-order valence-electron chi connectivity index (χ1n) is 26.5. The van der Waals surface area contributed by atoms with Gasteiger partial charge in [0.1, 0.15) is 20.2 Å². The number of nitrogens with two attached hydrogens (primary N) is 1. The van der Waals surface area contributed by atoms with Crippen molar-refractivity contribution in [3.8, 4) is 0 Å². The van der Waals surface area contributed by atoms with Gasteiger partial charge in [-0.15, -0.1) is 0 Å². The molecular weight excluding hydrogens is 1000 g/mol. The number of amides is 1. The van der Waals surface area contributed by atoms with Gasteiger partial charge in [0, 0.05) is 6.42 Å². The van der Waals surface area contributed by atoms with Crippen molar-refractivity contribution in [1.29, 1.82) is 5.41 Å². The Labute approximate surface area is 510 Å². The Bertz CT molecular complexity index is 1630. The van der Waals surface area contributed by atoms with Crippen molar-refractivity contribution < 1.29 is 144 Å². The summed E-state index contributed by atoms with van der Waals surface area (Å²) in [7, 11) is -9.96. The fourth-order valence-corrected chi connectivity index (χ4v) is 9.00. The molecule has 73 heavy (non-hydrogen) atoms. The number of ether oxygens (including phenoxy) is 2. The van der Waals surface area contributed by atoms with Gasteiger partial charge in [-0.3, -0.25) is 14.4 Å². The SMILES string of the molecule is C=Cc1ccccc1C=C.CCCCCCCCCCCCCCCCCCOC(=O)C(CC(=N)[O-])S(=O)(=O)[O-].CCCCCCCCCCCCCCCCCCOC(=O)C(CC(N)=O)S(=O)(=O)[O-].[Na+].[Na+].[Na+]. The Hall–Kier alpha value is -0.600. The summed E-state index contributed by atoms with van der Waals surface area (Å²) >= 11 is 0. The fourth-order valence-electron chi connectivity index (χ4n) is 7.67. The molecule has 19 heteroatoms. The molecule has 0 saturated heterocycles. The van der Waals surface area contributed by atoms with Crippen LogP contribution in [-0.4, -0.2) is 73.4 Å². The van der Waals surface area contributed by atoms with Gasteiger partial charge in [-0.05, 0) is 29.9 Å². The summed E-state index contributed by atoms with van der Waals surface area (Å²) in [4.78, 5) is 34.1. The molecule has 2 unspecified atom stereocenters. The van der Waals surface area contributed by atoms with E-state index in [0.29, 0.717) is 12.8 Å². The zero-order valence-electron chi connectivity index (χ0n) is 46.3. The van der Waals surface area contributed by atoms with Crippen molar-refractivity contribution in [2.24, 2.45) is 5.73 Å². The largest absolute Gasteiger partial charge is 1.00 e. The molecule has 1 rings (SSSR count). The standard InChI is InChI=1S/2C22H43NO6S.C10H10.3Na/c2*1-2-3-4-5-6-7-8-9-10-11-12-13-14-15-16-17-18-29-22(25)20(19-21(23)24)30(26,27)28;1-3-9-7-5-6-8-10(9)4-2;;;/h2*20H,2-19H2,1H3,(H2,23,24)(H,26,27,28);3-8H,1-2H2;;;/q;;;3*+1/p-3. The van der Waals surface area contributed by atoms with Crippen LogP contribution in [0.3, 0.4) is 0 Å². The van der Waals surface area contributed by atoms with E-state index >= 15 is 0 Å². The Morgan fingerprint density at radius 3 is 0.945 bits per heavy atom. The Morgan fingerprint density at radius 2 is 0.740 bits per heavy atom. The normalized spacial score (nSPS) is 11.6. The van der Waals surface area contributed by atoms with Gasteiger partial charge < -0.3 is 34.8 Å². The fraction of sp³-hybridized carbons (Fsp3) is 0.741. The van der Waals surface area contributed by atoms with E-state index in [9.17, 15) is 45.4 Å². The summed E-state index contributed by atoms with van der Waals surface area (Å²) in [6, 6.07) is 8.02. The predicted molar refractivity (Wildman–Crippen MR) is 281 cm³/mol. The van der Waals surface area contributed by atoms with Gasteiger partial charge in [-0.2, -0.15) is 0 Å². The third-order valence-corrected chi connectivity index (χ3v) is 14.0. The number of carbonyl (C=O) groups is 3. The first kappa shape index (κ1) is 81.2. The van der Waals surface area contributed by atoms with Gasteiger partial charge in [0.25, 0.3) is 0 Å². The summed E-state index contributed by atoms with van der Waals surface area (Å²) in [5, 5.41) is 13.3. The van der Waals surface area contributed by atoms with E-state index in [-0.39, 0.29) is 102 Å². The molecule has 0 aliphatic rings. The molecule has 0 fully saturated rings. The molecule has 0 bridgehead atoms. The van der Waals surface area contributed by atoms with Gasteiger partial charge in [-0.25, -0.2) is 16.8 Å². The molecule has 1 amide bonds. The van der Waals surface area contributed by atoms with Crippen LogP contribution in [0.15, 0.2) is 37.4 Å². The first-order valence-corrected chi connectivity index (χ1v) is 29.5. The molecule has 14 nitrogen and oxygen atoms in total. The van der Waals surface area contributed by atoms with E-state index in [0.717, 1.165) is 49.7 Å². The number of unbranched alkanes of at least 4 members (excludes halogenated alkanes) is 30. The third kappa shape index (κ3) is 53.2. The summed E-state index contributed by atoms with van der Waals surface area (Å²) < 4.78 is 75.7. The van der Waals surface area contributed by atoms with Crippen LogP contribution in [0, 0.1) is 5.41 Å². The molecule has 0 aromatic heterocycles. The number of hydrogen-bond donors (Lipinski definition) is 2. The number of benzene rings is 1. The van der Waals surface area contributed by atoms with Crippen LogP contribution in [-0.2, 0) is 44.1 Å². The van der Waals surface area contributed by atoms with Crippen molar-refractivity contribution >= 4 is 56.1 Å². The molecular formula is C54H93N2Na3O12S2. The first-order chi connectivity index (χ1) is 33.5. The van der Waals surface area contributed by atoms with Crippen molar-refractivity contribution in [2.45, 2.75) is 243 Å². The molecule has 0 radical (unpaired) electrons. The second kappa shape index (κ2) is 56.1. The summed E-state index contributed by atoms with van der Waals surface area (Å²) in [5.41, 5.74) is 7.15. The van der Waals surface area contributed by atoms with Gasteiger partial charge in [-0.1, -0.05) is 256 Å². The molecule has 1 aromatic carbocycles. The summed E-state index contributed by atoms with van der Waals surface area (Å²) in [6.45, 7) is 11.9. The van der Waals surface area contributed by atoms with E-state index < -0.39 is 67.3 Å². The minimum atomic E-state index is -5.00. The van der Waals surface area contributed by atoms with Crippen LogP contribution in [0.5, 0.6) is 0 Å². The molecule has 0 aliphatic carbocycles. The van der Waals surface area contributed by atoms with Crippen molar-refractivity contribution in [1.82, 2.24) is 0 Å². The average molecular weight is 1100 g/mol. The average Bonchev–Trinajstić information content (AvgIpc) is 3.31. The van der Waals surface area contributed by atoms with E-state index in [1.54, 1.807) is 0 Å².